The van der Waals surface area contributed by atoms with Crippen LogP contribution in [-0.4, -0.2) is 32.2 Å². The van der Waals surface area contributed by atoms with Gasteiger partial charge in [-0.1, -0.05) is 0 Å². The Morgan fingerprint density at radius 1 is 1.59 bits per heavy atom. The highest BCUT2D eigenvalue weighted by Gasteiger charge is 2.19. The topological polar surface area (TPSA) is 60.2 Å². The second-order valence-corrected chi connectivity index (χ2v) is 9.32. The molecule has 0 aliphatic heterocycles. The first-order valence-corrected chi connectivity index (χ1v) is 9.86. The molecule has 1 aromatic heterocycles. The molecule has 0 fully saturated rings. The highest BCUT2D eigenvalue weighted by atomic mass is 79.9. The molecule has 0 spiro atoms. The zero-order valence-electron chi connectivity index (χ0n) is 9.72. The molecule has 0 aliphatic carbocycles. The standard InChI is InChI=1S/C10H16BrNO2S3/c1-7(12)10(9-5-8(11)6-16-9)15-3-4-17(2,13)14/h5-7,10H,3-4,12H2,1-2H3. The normalized spacial score (nSPS) is 15.8. The fraction of sp³-hybridized carbons (Fsp3) is 0.600. The first-order chi connectivity index (χ1) is 7.79. The highest BCUT2D eigenvalue weighted by molar-refractivity contribution is 9.10. The molecule has 2 unspecified atom stereocenters. The van der Waals surface area contributed by atoms with E-state index in [2.05, 4.69) is 15.9 Å². The van der Waals surface area contributed by atoms with Crippen LogP contribution < -0.4 is 5.73 Å². The van der Waals surface area contributed by atoms with Gasteiger partial charge in [0, 0.05) is 32.8 Å². The van der Waals surface area contributed by atoms with Crippen molar-refractivity contribution in [2.75, 3.05) is 17.8 Å². The maximum Gasteiger partial charge on any atom is 0.148 e. The molecule has 0 saturated carbocycles. The second kappa shape index (κ2) is 6.56. The van der Waals surface area contributed by atoms with Gasteiger partial charge in [0.25, 0.3) is 0 Å². The Balaban J connectivity index is 2.62. The van der Waals surface area contributed by atoms with Crippen molar-refractivity contribution < 1.29 is 8.42 Å². The Labute approximate surface area is 119 Å². The number of nitrogens with two attached hydrogens (primary N) is 1. The smallest absolute Gasteiger partial charge is 0.148 e. The van der Waals surface area contributed by atoms with Gasteiger partial charge in [-0.15, -0.1) is 11.3 Å². The summed E-state index contributed by atoms with van der Waals surface area (Å²) >= 11 is 6.67. The number of rotatable bonds is 6. The van der Waals surface area contributed by atoms with Crippen molar-refractivity contribution in [2.45, 2.75) is 18.2 Å². The fourth-order valence-corrected chi connectivity index (χ4v) is 5.59. The number of thioether (sulfide) groups is 1. The van der Waals surface area contributed by atoms with Crippen LogP contribution in [0.2, 0.25) is 0 Å². The Bertz CT molecular complexity index is 456. The lowest BCUT2D eigenvalue weighted by Gasteiger charge is -2.18. The van der Waals surface area contributed by atoms with E-state index in [9.17, 15) is 8.42 Å². The zero-order valence-corrected chi connectivity index (χ0v) is 13.8. The third-order valence-electron chi connectivity index (χ3n) is 2.10. The molecule has 1 rings (SSSR count). The fourth-order valence-electron chi connectivity index (χ4n) is 1.30. The van der Waals surface area contributed by atoms with E-state index < -0.39 is 9.84 Å². The summed E-state index contributed by atoms with van der Waals surface area (Å²) in [5, 5.41) is 2.18. The second-order valence-electron chi connectivity index (χ2n) is 3.95. The lowest BCUT2D eigenvalue weighted by atomic mass is 10.2. The zero-order chi connectivity index (χ0) is 13.1. The van der Waals surface area contributed by atoms with Crippen molar-refractivity contribution in [2.24, 2.45) is 5.73 Å². The Hall–Kier alpha value is 0.440. The van der Waals surface area contributed by atoms with Crippen LogP contribution in [0.1, 0.15) is 17.1 Å². The summed E-state index contributed by atoms with van der Waals surface area (Å²) in [5.74, 6) is 0.786. The largest absolute Gasteiger partial charge is 0.327 e. The van der Waals surface area contributed by atoms with Crippen LogP contribution in [0.5, 0.6) is 0 Å². The van der Waals surface area contributed by atoms with Crippen LogP contribution in [0.3, 0.4) is 0 Å². The third-order valence-corrected chi connectivity index (χ3v) is 6.71. The van der Waals surface area contributed by atoms with Gasteiger partial charge in [-0.25, -0.2) is 8.42 Å². The summed E-state index contributed by atoms with van der Waals surface area (Å²) in [5.41, 5.74) is 5.95. The molecule has 0 bridgehead atoms. The predicted molar refractivity (Wildman–Crippen MR) is 80.6 cm³/mol. The predicted octanol–water partition coefficient (Wildman–Crippen LogP) is 2.68. The summed E-state index contributed by atoms with van der Waals surface area (Å²) in [7, 11) is -2.89. The molecule has 7 heteroatoms. The van der Waals surface area contributed by atoms with Gasteiger partial charge in [0.05, 0.1) is 11.0 Å². The minimum atomic E-state index is -2.89. The van der Waals surface area contributed by atoms with E-state index in [4.69, 9.17) is 5.73 Å². The van der Waals surface area contributed by atoms with Crippen LogP contribution in [-0.2, 0) is 9.84 Å². The van der Waals surface area contributed by atoms with E-state index in [0.717, 1.165) is 4.47 Å². The molecule has 0 saturated heterocycles. The van der Waals surface area contributed by atoms with Crippen molar-refractivity contribution in [1.82, 2.24) is 0 Å². The van der Waals surface area contributed by atoms with Gasteiger partial charge in [0.2, 0.25) is 0 Å². The molecule has 0 aromatic carbocycles. The molecule has 0 radical (unpaired) electrons. The monoisotopic (exact) mass is 357 g/mol. The molecule has 2 N–H and O–H groups in total. The molecule has 0 aliphatic rings. The van der Waals surface area contributed by atoms with Crippen molar-refractivity contribution in [3.63, 3.8) is 0 Å². The van der Waals surface area contributed by atoms with Crippen LogP contribution in [0.4, 0.5) is 0 Å². The Morgan fingerprint density at radius 2 is 2.24 bits per heavy atom. The summed E-state index contributed by atoms with van der Waals surface area (Å²) in [6.07, 6.45) is 1.26. The molecule has 2 atom stereocenters. The van der Waals surface area contributed by atoms with Crippen molar-refractivity contribution in [3.8, 4) is 0 Å². The van der Waals surface area contributed by atoms with Crippen molar-refractivity contribution in [3.05, 3.63) is 20.8 Å². The van der Waals surface area contributed by atoms with Gasteiger partial charge in [0.15, 0.2) is 0 Å². The quantitative estimate of drug-likeness (QED) is 0.849. The average molecular weight is 358 g/mol. The van der Waals surface area contributed by atoms with Gasteiger partial charge in [0.1, 0.15) is 9.84 Å². The maximum atomic E-state index is 11.1. The lowest BCUT2D eigenvalue weighted by Crippen LogP contribution is -2.23. The molecule has 0 amide bonds. The van der Waals surface area contributed by atoms with Gasteiger partial charge in [-0.2, -0.15) is 11.8 Å². The molecule has 17 heavy (non-hydrogen) atoms. The minimum absolute atomic E-state index is 0.00473. The van der Waals surface area contributed by atoms with E-state index >= 15 is 0 Å². The first-order valence-electron chi connectivity index (χ1n) is 5.08. The average Bonchev–Trinajstić information content (AvgIpc) is 2.57. The summed E-state index contributed by atoms with van der Waals surface area (Å²) in [4.78, 5) is 1.19. The van der Waals surface area contributed by atoms with Crippen LogP contribution >= 0.6 is 39.0 Å². The molecule has 1 heterocycles. The molecule has 98 valence electrons. The number of halogens is 1. The van der Waals surface area contributed by atoms with Crippen LogP contribution in [0.25, 0.3) is 0 Å². The highest BCUT2D eigenvalue weighted by Crippen LogP contribution is 2.36. The Kier molecular flexibility index (Phi) is 5.98. The Morgan fingerprint density at radius 3 is 2.65 bits per heavy atom. The maximum absolute atomic E-state index is 11.1. The molecular formula is C10H16BrNO2S3. The van der Waals surface area contributed by atoms with Crippen molar-refractivity contribution in [1.29, 1.82) is 0 Å². The van der Waals surface area contributed by atoms with Crippen LogP contribution in [0, 0.1) is 0 Å². The van der Waals surface area contributed by atoms with Gasteiger partial charge in [-0.3, -0.25) is 0 Å². The first kappa shape index (κ1) is 15.5. The van der Waals surface area contributed by atoms with Gasteiger partial charge in [-0.05, 0) is 28.9 Å². The van der Waals surface area contributed by atoms with Gasteiger partial charge >= 0.3 is 0 Å². The van der Waals surface area contributed by atoms with E-state index in [1.165, 1.54) is 11.1 Å². The van der Waals surface area contributed by atoms with E-state index in [0.29, 0.717) is 5.75 Å². The summed E-state index contributed by atoms with van der Waals surface area (Å²) in [6.45, 7) is 1.95. The van der Waals surface area contributed by atoms with Gasteiger partial charge < -0.3 is 5.73 Å². The summed E-state index contributed by atoms with van der Waals surface area (Å²) < 4.78 is 23.2. The number of sulfone groups is 1. The number of hydrogen-bond acceptors (Lipinski definition) is 5. The SMILES string of the molecule is CC(N)C(SCCS(C)(=O)=O)c1cc(Br)cs1. The third kappa shape index (κ3) is 5.74. The van der Waals surface area contributed by atoms with E-state index in [1.54, 1.807) is 23.1 Å². The number of thiophene rings is 1. The minimum Gasteiger partial charge on any atom is -0.327 e. The van der Waals surface area contributed by atoms with E-state index in [-0.39, 0.29) is 17.0 Å². The van der Waals surface area contributed by atoms with Crippen LogP contribution in [0.15, 0.2) is 15.9 Å². The molecular weight excluding hydrogens is 342 g/mol. The lowest BCUT2D eigenvalue weighted by molar-refractivity contribution is 0.603. The van der Waals surface area contributed by atoms with Crippen molar-refractivity contribution >= 4 is 48.9 Å². The summed E-state index contributed by atoms with van der Waals surface area (Å²) in [6, 6.07) is 2.05. The number of hydrogen-bond donors (Lipinski definition) is 1. The molecule has 3 nitrogen and oxygen atoms in total. The molecule has 1 aromatic rings. The van der Waals surface area contributed by atoms with E-state index in [1.807, 2.05) is 18.4 Å².